The maximum Gasteiger partial charge on any atom is 0.194 e. The van der Waals surface area contributed by atoms with Crippen molar-refractivity contribution < 1.29 is 4.79 Å². The lowest BCUT2D eigenvalue weighted by Crippen LogP contribution is -1.99. The van der Waals surface area contributed by atoms with E-state index in [4.69, 9.17) is 0 Å². The number of benzene rings is 2. The fourth-order valence-electron chi connectivity index (χ4n) is 2.25. The lowest BCUT2D eigenvalue weighted by molar-refractivity contribution is 0.103. The zero-order valence-electron chi connectivity index (χ0n) is 11.3. The quantitative estimate of drug-likeness (QED) is 0.655. The van der Waals surface area contributed by atoms with Crippen LogP contribution < -0.4 is 0 Å². The van der Waals surface area contributed by atoms with E-state index in [1.165, 1.54) is 0 Å². The van der Waals surface area contributed by atoms with E-state index >= 15 is 0 Å². The van der Waals surface area contributed by atoms with Gasteiger partial charge in [-0.05, 0) is 17.2 Å². The predicted molar refractivity (Wildman–Crippen MR) is 80.7 cm³/mol. The van der Waals surface area contributed by atoms with Gasteiger partial charge in [0.1, 0.15) is 0 Å². The zero-order valence-corrected chi connectivity index (χ0v) is 11.3. The molecule has 0 saturated heterocycles. The molecule has 1 heterocycles. The highest BCUT2D eigenvalue weighted by Crippen LogP contribution is 2.20. The first kappa shape index (κ1) is 12.4. The summed E-state index contributed by atoms with van der Waals surface area (Å²) in [5.41, 5.74) is 3.72. The van der Waals surface area contributed by atoms with Crippen LogP contribution in [0.25, 0.3) is 11.1 Å². The number of hydrogen-bond acceptors (Lipinski definition) is 1. The number of hydrogen-bond donors (Lipinski definition) is 0. The molecule has 0 radical (unpaired) electrons. The Hall–Kier alpha value is -2.61. The van der Waals surface area contributed by atoms with Gasteiger partial charge >= 0.3 is 0 Å². The van der Waals surface area contributed by atoms with Crippen LogP contribution >= 0.6 is 0 Å². The maximum atomic E-state index is 12.3. The van der Waals surface area contributed by atoms with E-state index in [0.29, 0.717) is 0 Å². The highest BCUT2D eigenvalue weighted by Gasteiger charge is 2.09. The second-order valence-corrected chi connectivity index (χ2v) is 4.84. The van der Waals surface area contributed by atoms with E-state index < -0.39 is 0 Å². The fraction of sp³-hybridized carbons (Fsp3) is 0.0556. The minimum Gasteiger partial charge on any atom is -0.357 e. The van der Waals surface area contributed by atoms with E-state index in [0.717, 1.165) is 22.3 Å². The van der Waals surface area contributed by atoms with E-state index in [1.807, 2.05) is 72.5 Å². The molecule has 2 heteroatoms. The molecular weight excluding hydrogens is 246 g/mol. The van der Waals surface area contributed by atoms with Crippen LogP contribution in [0.5, 0.6) is 0 Å². The van der Waals surface area contributed by atoms with Crippen molar-refractivity contribution in [2.24, 2.45) is 7.05 Å². The standard InChI is InChI=1S/C18H15NO/c1-19-12-11-17(13-19)18(20)16-9-7-15(8-10-16)14-5-3-2-4-6-14/h2-13H,1H3. The summed E-state index contributed by atoms with van der Waals surface area (Å²) in [7, 11) is 1.91. The van der Waals surface area contributed by atoms with Gasteiger partial charge in [0, 0.05) is 30.6 Å². The molecule has 20 heavy (non-hydrogen) atoms. The average Bonchev–Trinajstić information content (AvgIpc) is 2.94. The summed E-state index contributed by atoms with van der Waals surface area (Å²) in [5.74, 6) is 0.0604. The van der Waals surface area contributed by atoms with Crippen LogP contribution in [0.15, 0.2) is 73.1 Å². The van der Waals surface area contributed by atoms with Gasteiger partial charge in [-0.1, -0.05) is 54.6 Å². The van der Waals surface area contributed by atoms with E-state index in [9.17, 15) is 4.79 Å². The predicted octanol–water partition coefficient (Wildman–Crippen LogP) is 3.92. The number of aryl methyl sites for hydroxylation is 1. The molecule has 0 bridgehead atoms. The third-order valence-corrected chi connectivity index (χ3v) is 3.35. The molecule has 0 aliphatic carbocycles. The lowest BCUT2D eigenvalue weighted by atomic mass is 10.0. The molecule has 0 aliphatic rings. The van der Waals surface area contributed by atoms with Crippen LogP contribution in [0.3, 0.4) is 0 Å². The van der Waals surface area contributed by atoms with E-state index in [-0.39, 0.29) is 5.78 Å². The second kappa shape index (κ2) is 5.17. The Morgan fingerprint density at radius 2 is 1.45 bits per heavy atom. The Morgan fingerprint density at radius 1 is 0.800 bits per heavy atom. The van der Waals surface area contributed by atoms with Crippen molar-refractivity contribution in [3.8, 4) is 11.1 Å². The Kier molecular flexibility index (Phi) is 3.21. The van der Waals surface area contributed by atoms with Crippen molar-refractivity contribution in [2.45, 2.75) is 0 Å². The lowest BCUT2D eigenvalue weighted by Gasteiger charge is -2.03. The number of ketones is 1. The number of rotatable bonds is 3. The molecule has 2 aromatic carbocycles. The third kappa shape index (κ3) is 2.41. The SMILES string of the molecule is Cn1ccc(C(=O)c2ccc(-c3ccccc3)cc2)c1. The first-order chi connectivity index (χ1) is 9.74. The molecule has 98 valence electrons. The maximum absolute atomic E-state index is 12.3. The summed E-state index contributed by atoms with van der Waals surface area (Å²) < 4.78 is 1.88. The van der Waals surface area contributed by atoms with Crippen molar-refractivity contribution in [1.82, 2.24) is 4.57 Å². The molecule has 0 amide bonds. The molecule has 0 fully saturated rings. The van der Waals surface area contributed by atoms with Gasteiger partial charge in [0.05, 0.1) is 0 Å². The molecule has 0 aliphatic heterocycles. The van der Waals surface area contributed by atoms with Crippen LogP contribution in [0.1, 0.15) is 15.9 Å². The van der Waals surface area contributed by atoms with Gasteiger partial charge in [-0.25, -0.2) is 0 Å². The van der Waals surface area contributed by atoms with Crippen molar-refractivity contribution in [3.05, 3.63) is 84.2 Å². The fourth-order valence-corrected chi connectivity index (χ4v) is 2.25. The second-order valence-electron chi connectivity index (χ2n) is 4.84. The molecule has 0 atom stereocenters. The Morgan fingerprint density at radius 3 is 2.05 bits per heavy atom. The largest absolute Gasteiger partial charge is 0.357 e. The Bertz CT molecular complexity index is 724. The third-order valence-electron chi connectivity index (χ3n) is 3.35. The molecule has 0 N–H and O–H groups in total. The molecule has 3 aromatic rings. The first-order valence-electron chi connectivity index (χ1n) is 6.56. The number of carbonyl (C=O) groups is 1. The Labute approximate surface area is 118 Å². The van der Waals surface area contributed by atoms with Crippen LogP contribution in [-0.4, -0.2) is 10.4 Å². The summed E-state index contributed by atoms with van der Waals surface area (Å²) in [6.45, 7) is 0. The number of aromatic nitrogens is 1. The van der Waals surface area contributed by atoms with Crippen molar-refractivity contribution in [3.63, 3.8) is 0 Å². The van der Waals surface area contributed by atoms with Crippen LogP contribution in [0.2, 0.25) is 0 Å². The van der Waals surface area contributed by atoms with Crippen molar-refractivity contribution >= 4 is 5.78 Å². The van der Waals surface area contributed by atoms with Gasteiger partial charge in [0.15, 0.2) is 5.78 Å². The molecular formula is C18H15NO. The van der Waals surface area contributed by atoms with Crippen LogP contribution in [0.4, 0.5) is 0 Å². The Balaban J connectivity index is 1.88. The highest BCUT2D eigenvalue weighted by atomic mass is 16.1. The molecule has 2 nitrogen and oxygen atoms in total. The summed E-state index contributed by atoms with van der Waals surface area (Å²) in [5, 5.41) is 0. The number of carbonyl (C=O) groups excluding carboxylic acids is 1. The highest BCUT2D eigenvalue weighted by molar-refractivity contribution is 6.09. The smallest absolute Gasteiger partial charge is 0.194 e. The number of nitrogens with zero attached hydrogens (tertiary/aromatic N) is 1. The van der Waals surface area contributed by atoms with Gasteiger partial charge in [-0.3, -0.25) is 4.79 Å². The van der Waals surface area contributed by atoms with Gasteiger partial charge in [-0.2, -0.15) is 0 Å². The molecule has 0 spiro atoms. The summed E-state index contributed by atoms with van der Waals surface area (Å²) in [6, 6.07) is 19.7. The van der Waals surface area contributed by atoms with Crippen molar-refractivity contribution in [1.29, 1.82) is 0 Å². The molecule has 3 rings (SSSR count). The van der Waals surface area contributed by atoms with Gasteiger partial charge < -0.3 is 4.57 Å². The van der Waals surface area contributed by atoms with Crippen molar-refractivity contribution in [2.75, 3.05) is 0 Å². The topological polar surface area (TPSA) is 22.0 Å². The monoisotopic (exact) mass is 261 g/mol. The normalized spacial score (nSPS) is 10.4. The van der Waals surface area contributed by atoms with Crippen LogP contribution in [0, 0.1) is 0 Å². The first-order valence-corrected chi connectivity index (χ1v) is 6.56. The molecule has 1 aromatic heterocycles. The van der Waals surface area contributed by atoms with E-state index in [2.05, 4.69) is 12.1 Å². The van der Waals surface area contributed by atoms with Gasteiger partial charge in [0.2, 0.25) is 0 Å². The zero-order chi connectivity index (χ0) is 13.9. The van der Waals surface area contributed by atoms with Gasteiger partial charge in [0.25, 0.3) is 0 Å². The van der Waals surface area contributed by atoms with Gasteiger partial charge in [-0.15, -0.1) is 0 Å². The summed E-state index contributed by atoms with van der Waals surface area (Å²) in [4.78, 5) is 12.3. The summed E-state index contributed by atoms with van der Waals surface area (Å²) >= 11 is 0. The minimum absolute atomic E-state index is 0.0604. The molecule has 0 unspecified atom stereocenters. The summed E-state index contributed by atoms with van der Waals surface area (Å²) in [6.07, 6.45) is 3.72. The van der Waals surface area contributed by atoms with Crippen LogP contribution in [-0.2, 0) is 7.05 Å². The van der Waals surface area contributed by atoms with E-state index in [1.54, 1.807) is 0 Å². The molecule has 0 saturated carbocycles. The minimum atomic E-state index is 0.0604. The average molecular weight is 261 g/mol.